The highest BCUT2D eigenvalue weighted by Gasteiger charge is 2.20. The molecular weight excluding hydrogens is 283 g/mol. The molecule has 2 heterocycles. The summed E-state index contributed by atoms with van der Waals surface area (Å²) < 4.78 is 42.1. The smallest absolute Gasteiger partial charge is 0.267 e. The highest BCUT2D eigenvalue weighted by Crippen LogP contribution is 2.27. The molecule has 0 saturated carbocycles. The van der Waals surface area contributed by atoms with E-state index in [9.17, 15) is 18.0 Å². The van der Waals surface area contributed by atoms with E-state index in [-0.39, 0.29) is 11.1 Å². The molecule has 0 fully saturated rings. The van der Waals surface area contributed by atoms with Crippen molar-refractivity contribution in [2.75, 3.05) is 0 Å². The van der Waals surface area contributed by atoms with E-state index in [4.69, 9.17) is 0 Å². The maximum absolute atomic E-state index is 13.9. The van der Waals surface area contributed by atoms with E-state index >= 15 is 0 Å². The highest BCUT2D eigenvalue weighted by molar-refractivity contribution is 5.79. The molecule has 1 aromatic carbocycles. The van der Waals surface area contributed by atoms with Crippen LogP contribution in [0.1, 0.15) is 5.69 Å². The van der Waals surface area contributed by atoms with Crippen LogP contribution in [0.5, 0.6) is 0 Å². The molecule has 0 spiro atoms. The van der Waals surface area contributed by atoms with Crippen molar-refractivity contribution in [3.05, 3.63) is 64.1 Å². The van der Waals surface area contributed by atoms with Gasteiger partial charge < -0.3 is 0 Å². The normalized spacial score (nSPS) is 11.0. The molecular formula is C14H8F3N3O. The average Bonchev–Trinajstić information content (AvgIpc) is 2.40. The van der Waals surface area contributed by atoms with Crippen molar-refractivity contribution in [2.45, 2.75) is 6.92 Å². The molecule has 0 saturated heterocycles. The summed E-state index contributed by atoms with van der Waals surface area (Å²) >= 11 is 0. The molecule has 7 heteroatoms. The lowest BCUT2D eigenvalue weighted by atomic mass is 10.0. The van der Waals surface area contributed by atoms with E-state index in [2.05, 4.69) is 10.1 Å². The predicted molar refractivity (Wildman–Crippen MR) is 69.3 cm³/mol. The lowest BCUT2D eigenvalue weighted by Crippen LogP contribution is -2.15. The first-order chi connectivity index (χ1) is 9.97. The van der Waals surface area contributed by atoms with Crippen LogP contribution in [0.4, 0.5) is 13.2 Å². The minimum atomic E-state index is -1.17. The number of halogens is 3. The van der Waals surface area contributed by atoms with Gasteiger partial charge in [0.1, 0.15) is 23.8 Å². The van der Waals surface area contributed by atoms with Crippen molar-refractivity contribution in [1.29, 1.82) is 0 Å². The molecule has 0 unspecified atom stereocenters. The van der Waals surface area contributed by atoms with Gasteiger partial charge in [0.2, 0.25) is 0 Å². The highest BCUT2D eigenvalue weighted by atomic mass is 19.1. The summed E-state index contributed by atoms with van der Waals surface area (Å²) in [6, 6.07) is 4.13. The van der Waals surface area contributed by atoms with Gasteiger partial charge in [0.05, 0.1) is 22.3 Å². The van der Waals surface area contributed by atoms with Crippen molar-refractivity contribution < 1.29 is 13.2 Å². The zero-order chi connectivity index (χ0) is 15.1. The molecule has 21 heavy (non-hydrogen) atoms. The molecule has 2 aromatic heterocycles. The van der Waals surface area contributed by atoms with Crippen LogP contribution in [-0.4, -0.2) is 14.6 Å². The fourth-order valence-corrected chi connectivity index (χ4v) is 2.12. The largest absolute Gasteiger partial charge is 0.281 e. The Morgan fingerprint density at radius 1 is 1.05 bits per heavy atom. The molecule has 0 atom stereocenters. The minimum Gasteiger partial charge on any atom is -0.267 e. The second-order valence-corrected chi connectivity index (χ2v) is 4.47. The number of aromatic nitrogens is 3. The van der Waals surface area contributed by atoms with Crippen LogP contribution in [0.3, 0.4) is 0 Å². The van der Waals surface area contributed by atoms with Crippen molar-refractivity contribution in [3.8, 4) is 11.1 Å². The monoisotopic (exact) mass is 291 g/mol. The molecule has 3 aromatic rings. The fourth-order valence-electron chi connectivity index (χ4n) is 2.12. The lowest BCUT2D eigenvalue weighted by Gasteiger charge is -2.08. The van der Waals surface area contributed by atoms with Crippen LogP contribution in [0.25, 0.3) is 16.6 Å². The van der Waals surface area contributed by atoms with Crippen LogP contribution < -0.4 is 5.56 Å². The Morgan fingerprint density at radius 3 is 2.38 bits per heavy atom. The van der Waals surface area contributed by atoms with Crippen LogP contribution in [0, 0.1) is 24.4 Å². The van der Waals surface area contributed by atoms with E-state index < -0.39 is 28.6 Å². The third kappa shape index (κ3) is 2.16. The summed E-state index contributed by atoms with van der Waals surface area (Å²) in [7, 11) is 0. The van der Waals surface area contributed by atoms with E-state index in [0.29, 0.717) is 17.8 Å². The van der Waals surface area contributed by atoms with Crippen molar-refractivity contribution in [2.24, 2.45) is 0 Å². The molecule has 0 aliphatic heterocycles. The zero-order valence-corrected chi connectivity index (χ0v) is 10.8. The summed E-state index contributed by atoms with van der Waals surface area (Å²) in [6.07, 6.45) is 1.16. The van der Waals surface area contributed by atoms with Gasteiger partial charge >= 0.3 is 0 Å². The Bertz CT molecular complexity index is 898. The molecule has 0 aliphatic carbocycles. The van der Waals surface area contributed by atoms with Gasteiger partial charge in [-0.05, 0) is 19.1 Å². The lowest BCUT2D eigenvalue weighted by molar-refractivity contribution is 0.547. The average molecular weight is 291 g/mol. The number of fused-ring (bicyclic) bond motifs is 1. The fraction of sp³-hybridized carbons (Fsp3) is 0.0714. The van der Waals surface area contributed by atoms with Crippen molar-refractivity contribution in [3.63, 3.8) is 0 Å². The van der Waals surface area contributed by atoms with Crippen molar-refractivity contribution >= 4 is 5.52 Å². The van der Waals surface area contributed by atoms with Gasteiger partial charge in [-0.3, -0.25) is 4.79 Å². The predicted octanol–water partition coefficient (Wildman–Crippen LogP) is 2.48. The first-order valence-corrected chi connectivity index (χ1v) is 5.97. The third-order valence-corrected chi connectivity index (χ3v) is 3.01. The van der Waals surface area contributed by atoms with E-state index in [1.165, 1.54) is 10.6 Å². The first kappa shape index (κ1) is 13.3. The SMILES string of the molecule is Cc1ccc2c(-c3c(F)cc(F)cc3F)c(=O)ncn2n1. The van der Waals surface area contributed by atoms with Gasteiger partial charge in [-0.2, -0.15) is 10.1 Å². The number of hydrogen-bond acceptors (Lipinski definition) is 3. The summed E-state index contributed by atoms with van der Waals surface area (Å²) in [6.45, 7) is 1.72. The first-order valence-electron chi connectivity index (χ1n) is 5.97. The third-order valence-electron chi connectivity index (χ3n) is 3.01. The summed E-state index contributed by atoms with van der Waals surface area (Å²) in [5.74, 6) is -3.39. The molecule has 4 nitrogen and oxygen atoms in total. The van der Waals surface area contributed by atoms with Gasteiger partial charge in [-0.1, -0.05) is 0 Å². The number of hydrogen-bond donors (Lipinski definition) is 0. The Morgan fingerprint density at radius 2 is 1.71 bits per heavy atom. The van der Waals surface area contributed by atoms with E-state index in [1.54, 1.807) is 13.0 Å². The van der Waals surface area contributed by atoms with Crippen LogP contribution >= 0.6 is 0 Å². The number of aryl methyl sites for hydroxylation is 1. The summed E-state index contributed by atoms with van der Waals surface area (Å²) in [4.78, 5) is 15.5. The summed E-state index contributed by atoms with van der Waals surface area (Å²) in [5, 5.41) is 4.08. The van der Waals surface area contributed by atoms with E-state index in [1.807, 2.05) is 0 Å². The Kier molecular flexibility index (Phi) is 2.97. The number of rotatable bonds is 1. The molecule has 3 rings (SSSR count). The second kappa shape index (κ2) is 4.69. The zero-order valence-electron chi connectivity index (χ0n) is 10.8. The Labute approximate surface area is 116 Å². The molecule has 0 N–H and O–H groups in total. The van der Waals surface area contributed by atoms with Gasteiger partial charge in [0, 0.05) is 12.1 Å². The molecule has 106 valence electrons. The molecule has 0 amide bonds. The maximum atomic E-state index is 13.9. The Balaban J connectivity index is 2.46. The van der Waals surface area contributed by atoms with Gasteiger partial charge in [0.25, 0.3) is 5.56 Å². The van der Waals surface area contributed by atoms with Crippen molar-refractivity contribution in [1.82, 2.24) is 14.6 Å². The maximum Gasteiger partial charge on any atom is 0.281 e. The van der Waals surface area contributed by atoms with Crippen LogP contribution in [-0.2, 0) is 0 Å². The quantitative estimate of drug-likeness (QED) is 0.692. The van der Waals surface area contributed by atoms with Gasteiger partial charge in [0.15, 0.2) is 0 Å². The van der Waals surface area contributed by atoms with Crippen LogP contribution in [0.15, 0.2) is 35.4 Å². The standard InChI is InChI=1S/C14H8F3N3O/c1-7-2-3-11-13(14(21)18-6-20(11)19-7)12-9(16)4-8(15)5-10(12)17/h2-6H,1H3. The van der Waals surface area contributed by atoms with E-state index in [0.717, 1.165) is 6.33 Å². The molecule has 0 radical (unpaired) electrons. The number of nitrogens with zero attached hydrogens (tertiary/aromatic N) is 3. The van der Waals surface area contributed by atoms with Gasteiger partial charge in [-0.25, -0.2) is 17.7 Å². The summed E-state index contributed by atoms with van der Waals surface area (Å²) in [5.41, 5.74) is -0.897. The topological polar surface area (TPSA) is 47.3 Å². The minimum absolute atomic E-state index is 0.185. The molecule has 0 bridgehead atoms. The van der Waals surface area contributed by atoms with Gasteiger partial charge in [-0.15, -0.1) is 0 Å². The number of benzene rings is 1. The second-order valence-electron chi connectivity index (χ2n) is 4.47. The molecule has 0 aliphatic rings. The Hall–Kier alpha value is -2.70. The van der Waals surface area contributed by atoms with Crippen LogP contribution in [0.2, 0.25) is 0 Å².